The van der Waals surface area contributed by atoms with Crippen molar-refractivity contribution in [1.82, 2.24) is 15.4 Å². The quantitative estimate of drug-likeness (QED) is 0.503. The van der Waals surface area contributed by atoms with Crippen LogP contribution in [0, 0.1) is 12.3 Å². The summed E-state index contributed by atoms with van der Waals surface area (Å²) in [6, 6.07) is 3.56. The number of amides is 2. The van der Waals surface area contributed by atoms with E-state index in [1.807, 2.05) is 0 Å². The van der Waals surface area contributed by atoms with Crippen molar-refractivity contribution in [3.8, 4) is 18.1 Å². The zero-order valence-electron chi connectivity index (χ0n) is 13.8. The van der Waals surface area contributed by atoms with Gasteiger partial charge < -0.3 is 15.4 Å². The maximum absolute atomic E-state index is 12.1. The molecular weight excluding hydrogens is 391 g/mol. The van der Waals surface area contributed by atoms with Crippen molar-refractivity contribution in [2.75, 3.05) is 19.6 Å². The van der Waals surface area contributed by atoms with Gasteiger partial charge in [-0.15, -0.1) is 19.6 Å². The molecule has 3 N–H and O–H groups in total. The van der Waals surface area contributed by atoms with Gasteiger partial charge in [0.25, 0.3) is 0 Å². The van der Waals surface area contributed by atoms with Crippen molar-refractivity contribution in [1.29, 1.82) is 0 Å². The number of halogens is 3. The summed E-state index contributed by atoms with van der Waals surface area (Å²) in [6.45, 7) is -0.573. The molecule has 0 radical (unpaired) electrons. The molecule has 0 fully saturated rings. The number of carbonyl (C=O) groups excluding carboxylic acids is 2. The van der Waals surface area contributed by atoms with Crippen LogP contribution in [0.1, 0.15) is 6.42 Å². The third-order valence-corrected chi connectivity index (χ3v) is 4.32. The number of terminal acetylenes is 1. The molecule has 0 saturated heterocycles. The largest absolute Gasteiger partial charge is 0.573 e. The lowest BCUT2D eigenvalue weighted by molar-refractivity contribution is -0.274. The highest BCUT2D eigenvalue weighted by Crippen LogP contribution is 2.23. The van der Waals surface area contributed by atoms with E-state index in [4.69, 9.17) is 6.42 Å². The molecule has 1 aromatic carbocycles. The van der Waals surface area contributed by atoms with Gasteiger partial charge >= 0.3 is 6.36 Å². The summed E-state index contributed by atoms with van der Waals surface area (Å²) in [4.78, 5) is 22.5. The molecule has 0 aliphatic carbocycles. The predicted molar refractivity (Wildman–Crippen MR) is 87.8 cm³/mol. The summed E-state index contributed by atoms with van der Waals surface area (Å²) in [5.74, 6) is 0.538. The minimum absolute atomic E-state index is 0.0152. The van der Waals surface area contributed by atoms with Crippen LogP contribution < -0.4 is 20.1 Å². The van der Waals surface area contributed by atoms with Crippen LogP contribution in [0.4, 0.5) is 13.2 Å². The van der Waals surface area contributed by atoms with Crippen molar-refractivity contribution in [3.05, 3.63) is 24.3 Å². The molecule has 1 aromatic rings. The number of ether oxygens (including phenoxy) is 1. The Bertz CT molecular complexity index is 801. The predicted octanol–water partition coefficient (Wildman–Crippen LogP) is 0.119. The summed E-state index contributed by atoms with van der Waals surface area (Å²) in [6.07, 6.45) is -0.190. The first kappa shape index (κ1) is 22.3. The molecule has 148 valence electrons. The monoisotopic (exact) mass is 407 g/mol. The van der Waals surface area contributed by atoms with Gasteiger partial charge in [-0.25, -0.2) is 13.1 Å². The number of nitrogens with one attached hydrogen (secondary N) is 3. The van der Waals surface area contributed by atoms with Crippen molar-refractivity contribution in [2.24, 2.45) is 0 Å². The molecule has 0 unspecified atom stereocenters. The van der Waals surface area contributed by atoms with Crippen LogP contribution in [0.2, 0.25) is 0 Å². The van der Waals surface area contributed by atoms with Gasteiger partial charge in [0, 0.05) is 13.0 Å². The van der Waals surface area contributed by atoms with Gasteiger partial charge in [0.05, 0.1) is 18.0 Å². The Kier molecular flexibility index (Phi) is 8.07. The van der Waals surface area contributed by atoms with E-state index in [0.717, 1.165) is 24.3 Å². The SMILES string of the molecule is C#CCNC(=O)CNC(=O)CCNS(=O)(=O)c1ccc(OC(F)(F)F)cc1. The van der Waals surface area contributed by atoms with Crippen LogP contribution in [0.5, 0.6) is 5.75 Å². The van der Waals surface area contributed by atoms with E-state index < -0.39 is 33.9 Å². The molecule has 0 spiro atoms. The van der Waals surface area contributed by atoms with Crippen LogP contribution in [0.15, 0.2) is 29.2 Å². The van der Waals surface area contributed by atoms with Gasteiger partial charge in [-0.2, -0.15) is 0 Å². The van der Waals surface area contributed by atoms with E-state index in [9.17, 15) is 31.2 Å². The van der Waals surface area contributed by atoms with E-state index in [1.165, 1.54) is 0 Å². The Labute approximate surface area is 153 Å². The molecule has 2 amide bonds. The molecule has 0 aliphatic heterocycles. The first-order chi connectivity index (χ1) is 12.5. The third kappa shape index (κ3) is 8.93. The summed E-state index contributed by atoms with van der Waals surface area (Å²) in [5.41, 5.74) is 0. The van der Waals surface area contributed by atoms with Gasteiger partial charge in [0.2, 0.25) is 21.8 Å². The minimum Gasteiger partial charge on any atom is -0.406 e. The zero-order chi connectivity index (χ0) is 20.5. The normalized spacial score (nSPS) is 11.3. The molecule has 0 saturated carbocycles. The van der Waals surface area contributed by atoms with Crippen molar-refractivity contribution in [3.63, 3.8) is 0 Å². The van der Waals surface area contributed by atoms with Gasteiger partial charge in [0.15, 0.2) is 0 Å². The van der Waals surface area contributed by atoms with Crippen LogP contribution in [0.3, 0.4) is 0 Å². The third-order valence-electron chi connectivity index (χ3n) is 2.85. The molecule has 0 heterocycles. The number of hydrogen-bond acceptors (Lipinski definition) is 5. The van der Waals surface area contributed by atoms with E-state index in [1.54, 1.807) is 0 Å². The minimum atomic E-state index is -4.89. The van der Waals surface area contributed by atoms with Crippen molar-refractivity contribution >= 4 is 21.8 Å². The fourth-order valence-corrected chi connectivity index (χ4v) is 2.71. The summed E-state index contributed by atoms with van der Waals surface area (Å²) >= 11 is 0. The van der Waals surface area contributed by atoms with E-state index >= 15 is 0 Å². The number of sulfonamides is 1. The fraction of sp³-hybridized carbons (Fsp3) is 0.333. The Balaban J connectivity index is 2.46. The lowest BCUT2D eigenvalue weighted by atomic mass is 10.3. The number of alkyl halides is 3. The molecule has 0 aromatic heterocycles. The van der Waals surface area contributed by atoms with Gasteiger partial charge in [-0.1, -0.05) is 5.92 Å². The topological polar surface area (TPSA) is 114 Å². The Morgan fingerprint density at radius 2 is 1.74 bits per heavy atom. The standard InChI is InChI=1S/C15H16F3N3O5S/c1-2-8-19-14(23)10-20-13(22)7-9-21-27(24,25)12-5-3-11(4-6-12)26-15(16,17)18/h1,3-6,21H,7-10H2,(H,19,23)(H,20,22). The first-order valence-electron chi connectivity index (χ1n) is 7.36. The molecule has 0 atom stereocenters. The van der Waals surface area contributed by atoms with E-state index in [2.05, 4.69) is 26.0 Å². The maximum Gasteiger partial charge on any atom is 0.573 e. The van der Waals surface area contributed by atoms with Crippen molar-refractivity contribution < 1.29 is 35.9 Å². The Morgan fingerprint density at radius 3 is 2.30 bits per heavy atom. The molecule has 12 heteroatoms. The van der Waals surface area contributed by atoms with Gasteiger partial charge in [-0.05, 0) is 24.3 Å². The zero-order valence-corrected chi connectivity index (χ0v) is 14.6. The molecule has 8 nitrogen and oxygen atoms in total. The lowest BCUT2D eigenvalue weighted by Crippen LogP contribution is -2.38. The summed E-state index contributed by atoms with van der Waals surface area (Å²) in [5, 5.41) is 4.60. The van der Waals surface area contributed by atoms with Gasteiger partial charge in [-0.3, -0.25) is 9.59 Å². The van der Waals surface area contributed by atoms with Gasteiger partial charge in [0.1, 0.15) is 5.75 Å². The summed E-state index contributed by atoms with van der Waals surface area (Å²) < 4.78 is 66.0. The van der Waals surface area contributed by atoms with E-state index in [-0.39, 0.29) is 31.0 Å². The smallest absolute Gasteiger partial charge is 0.406 e. The fourth-order valence-electron chi connectivity index (χ4n) is 1.68. The van der Waals surface area contributed by atoms with Crippen LogP contribution >= 0.6 is 0 Å². The second kappa shape index (κ2) is 9.79. The molecule has 0 aliphatic rings. The molecule has 27 heavy (non-hydrogen) atoms. The highest BCUT2D eigenvalue weighted by molar-refractivity contribution is 7.89. The highest BCUT2D eigenvalue weighted by atomic mass is 32.2. The molecule has 0 bridgehead atoms. The number of carbonyl (C=O) groups is 2. The van der Waals surface area contributed by atoms with Crippen molar-refractivity contribution in [2.45, 2.75) is 17.7 Å². The number of rotatable bonds is 9. The summed E-state index contributed by atoms with van der Waals surface area (Å²) in [7, 11) is -4.03. The Morgan fingerprint density at radius 1 is 1.11 bits per heavy atom. The second-order valence-electron chi connectivity index (χ2n) is 4.92. The lowest BCUT2D eigenvalue weighted by Gasteiger charge is -2.10. The van der Waals surface area contributed by atoms with Crippen LogP contribution in [0.25, 0.3) is 0 Å². The Hall–Kier alpha value is -2.78. The highest BCUT2D eigenvalue weighted by Gasteiger charge is 2.31. The molecular formula is C15H16F3N3O5S. The second-order valence-corrected chi connectivity index (χ2v) is 6.69. The average Bonchev–Trinajstić information content (AvgIpc) is 2.57. The van der Waals surface area contributed by atoms with Crippen LogP contribution in [-0.2, 0) is 19.6 Å². The maximum atomic E-state index is 12.1. The molecule has 1 rings (SSSR count). The number of benzene rings is 1. The first-order valence-corrected chi connectivity index (χ1v) is 8.84. The average molecular weight is 407 g/mol. The number of hydrogen-bond donors (Lipinski definition) is 3. The van der Waals surface area contributed by atoms with E-state index in [0.29, 0.717) is 0 Å². The van der Waals surface area contributed by atoms with Crippen LogP contribution in [-0.4, -0.2) is 46.2 Å².